The Morgan fingerprint density at radius 2 is 1.72 bits per heavy atom. The molecule has 2 atom stereocenters. The quantitative estimate of drug-likeness (QED) is 0.722. The Kier molecular flexibility index (Phi) is 6.29. The summed E-state index contributed by atoms with van der Waals surface area (Å²) in [5, 5.41) is 2.85. The number of fused-ring (bicyclic) bond motifs is 1. The van der Waals surface area contributed by atoms with Crippen molar-refractivity contribution < 1.29 is 24.0 Å². The molecule has 1 aliphatic heterocycles. The van der Waals surface area contributed by atoms with E-state index in [9.17, 15) is 14.4 Å². The van der Waals surface area contributed by atoms with E-state index in [0.717, 1.165) is 16.0 Å². The Balaban J connectivity index is 1.68. The number of anilines is 1. The lowest BCUT2D eigenvalue weighted by Crippen LogP contribution is -3.17. The summed E-state index contributed by atoms with van der Waals surface area (Å²) in [7, 11) is 4.75. The van der Waals surface area contributed by atoms with E-state index in [2.05, 4.69) is 5.32 Å². The first kappa shape index (κ1) is 20.5. The zero-order valence-corrected chi connectivity index (χ0v) is 16.9. The minimum absolute atomic E-state index is 0.0970. The van der Waals surface area contributed by atoms with Crippen molar-refractivity contribution in [3.05, 3.63) is 65.2 Å². The molecule has 152 valence electrons. The maximum absolute atomic E-state index is 12.6. The van der Waals surface area contributed by atoms with Crippen LogP contribution in [0, 0.1) is 0 Å². The topological polar surface area (TPSA) is 80.1 Å². The number of carbonyl (C=O) groups is 3. The summed E-state index contributed by atoms with van der Waals surface area (Å²) >= 11 is 0. The van der Waals surface area contributed by atoms with Crippen molar-refractivity contribution >= 4 is 23.5 Å². The van der Waals surface area contributed by atoms with Gasteiger partial charge in [-0.2, -0.15) is 0 Å². The molecule has 0 saturated heterocycles. The van der Waals surface area contributed by atoms with Gasteiger partial charge in [0, 0.05) is 37.3 Å². The van der Waals surface area contributed by atoms with Gasteiger partial charge in [-0.15, -0.1) is 0 Å². The molecule has 1 heterocycles. The van der Waals surface area contributed by atoms with Crippen LogP contribution in [0.2, 0.25) is 0 Å². The first-order valence-corrected chi connectivity index (χ1v) is 9.49. The molecular weight excluding hydrogens is 370 g/mol. The lowest BCUT2D eigenvalue weighted by molar-refractivity contribution is -0.924. The third-order valence-electron chi connectivity index (χ3n) is 5.15. The predicted molar refractivity (Wildman–Crippen MR) is 109 cm³/mol. The summed E-state index contributed by atoms with van der Waals surface area (Å²) < 4.78 is 4.96. The summed E-state index contributed by atoms with van der Waals surface area (Å²) in [4.78, 5) is 39.2. The number of esters is 1. The monoisotopic (exact) mass is 396 g/mol. The molecule has 2 aromatic rings. The Bertz CT molecular complexity index is 909. The lowest BCUT2D eigenvalue weighted by Gasteiger charge is -2.31. The molecule has 1 unspecified atom stereocenters. The lowest BCUT2D eigenvalue weighted by atomic mass is 9.94. The normalized spacial score (nSPS) is 17.8. The zero-order chi connectivity index (χ0) is 21.0. The van der Waals surface area contributed by atoms with E-state index in [1.165, 1.54) is 12.0 Å². The van der Waals surface area contributed by atoms with Crippen LogP contribution in [0.25, 0.3) is 0 Å². The fourth-order valence-electron chi connectivity index (χ4n) is 3.60. The number of amides is 2. The number of nitrogens with one attached hydrogen (secondary N) is 2. The molecule has 0 aromatic heterocycles. The predicted octanol–water partition coefficient (Wildman–Crippen LogP) is 0.510. The van der Waals surface area contributed by atoms with Crippen LogP contribution >= 0.6 is 0 Å². The van der Waals surface area contributed by atoms with E-state index in [1.807, 2.05) is 24.3 Å². The van der Waals surface area contributed by atoms with Crippen molar-refractivity contribution in [3.8, 4) is 0 Å². The first-order valence-electron chi connectivity index (χ1n) is 9.49. The number of nitrogens with zero attached hydrogens (tertiary/aromatic N) is 1. The van der Waals surface area contributed by atoms with Gasteiger partial charge in [-0.3, -0.25) is 9.59 Å². The second kappa shape index (κ2) is 8.87. The summed E-state index contributed by atoms with van der Waals surface area (Å²) in [5.74, 6) is -0.603. The minimum Gasteiger partial charge on any atom is -0.465 e. The molecule has 2 aromatic carbocycles. The summed E-state index contributed by atoms with van der Waals surface area (Å²) in [6, 6.07) is 14.3. The first-order chi connectivity index (χ1) is 13.9. The van der Waals surface area contributed by atoms with Crippen molar-refractivity contribution in [3.63, 3.8) is 0 Å². The highest BCUT2D eigenvalue weighted by Crippen LogP contribution is 2.15. The fourth-order valence-corrected chi connectivity index (χ4v) is 3.60. The molecule has 0 saturated carbocycles. The third kappa shape index (κ3) is 4.81. The zero-order valence-electron chi connectivity index (χ0n) is 16.9. The van der Waals surface area contributed by atoms with Crippen LogP contribution in [0.1, 0.15) is 21.5 Å². The molecule has 2 amide bonds. The van der Waals surface area contributed by atoms with Crippen LogP contribution in [0.15, 0.2) is 48.5 Å². The van der Waals surface area contributed by atoms with Crippen molar-refractivity contribution in [2.24, 2.45) is 0 Å². The fraction of sp³-hybridized carbons (Fsp3) is 0.318. The number of hydrogen-bond acceptors (Lipinski definition) is 4. The van der Waals surface area contributed by atoms with Gasteiger partial charge in [0.2, 0.25) is 0 Å². The molecule has 3 rings (SSSR count). The summed E-state index contributed by atoms with van der Waals surface area (Å²) in [6.45, 7) is 0.728. The maximum Gasteiger partial charge on any atom is 0.365 e. The molecule has 0 fully saturated rings. The molecule has 0 aliphatic carbocycles. The van der Waals surface area contributed by atoms with Gasteiger partial charge in [0.1, 0.15) is 6.54 Å². The molecule has 1 aliphatic rings. The van der Waals surface area contributed by atoms with Crippen molar-refractivity contribution in [1.29, 1.82) is 0 Å². The SMILES string of the molecule is COC(=O)[C@H]1Cc2ccccc2C[NH+]1CC(=O)Nc1ccc(C(=O)N(C)C)cc1. The van der Waals surface area contributed by atoms with Crippen LogP contribution in [0.5, 0.6) is 0 Å². The largest absolute Gasteiger partial charge is 0.465 e. The minimum atomic E-state index is -0.416. The molecular formula is C22H26N3O4+. The number of quaternary nitrogens is 1. The second-order valence-corrected chi connectivity index (χ2v) is 7.39. The van der Waals surface area contributed by atoms with Crippen molar-refractivity contribution in [2.45, 2.75) is 19.0 Å². The molecule has 7 nitrogen and oxygen atoms in total. The Morgan fingerprint density at radius 3 is 2.34 bits per heavy atom. The second-order valence-electron chi connectivity index (χ2n) is 7.39. The van der Waals surface area contributed by atoms with Gasteiger partial charge >= 0.3 is 5.97 Å². The van der Waals surface area contributed by atoms with Crippen LogP contribution in [0.4, 0.5) is 5.69 Å². The van der Waals surface area contributed by atoms with E-state index < -0.39 is 6.04 Å². The molecule has 0 spiro atoms. The van der Waals surface area contributed by atoms with E-state index >= 15 is 0 Å². The highest BCUT2D eigenvalue weighted by Gasteiger charge is 2.37. The molecule has 0 radical (unpaired) electrons. The highest BCUT2D eigenvalue weighted by atomic mass is 16.5. The van der Waals surface area contributed by atoms with Gasteiger partial charge in [0.05, 0.1) is 7.11 Å². The standard InChI is InChI=1S/C22H25N3O4/c1-24(2)21(27)15-8-10-18(11-9-15)23-20(26)14-25-13-17-7-5-4-6-16(17)12-19(25)22(28)29-3/h4-11,19H,12-14H2,1-3H3,(H,23,26)/p+1/t19-/m1/s1. The van der Waals surface area contributed by atoms with Gasteiger partial charge in [-0.25, -0.2) is 4.79 Å². The van der Waals surface area contributed by atoms with Gasteiger partial charge in [-0.05, 0) is 29.8 Å². The average Bonchev–Trinajstić information content (AvgIpc) is 2.72. The van der Waals surface area contributed by atoms with Crippen LogP contribution in [-0.4, -0.2) is 56.5 Å². The third-order valence-corrected chi connectivity index (χ3v) is 5.15. The van der Waals surface area contributed by atoms with Gasteiger partial charge < -0.3 is 19.9 Å². The van der Waals surface area contributed by atoms with E-state index in [0.29, 0.717) is 24.2 Å². The van der Waals surface area contributed by atoms with Crippen LogP contribution in [-0.2, 0) is 27.3 Å². The van der Waals surface area contributed by atoms with Gasteiger partial charge in [-0.1, -0.05) is 24.3 Å². The maximum atomic E-state index is 12.6. The van der Waals surface area contributed by atoms with E-state index in [-0.39, 0.29) is 24.3 Å². The number of benzene rings is 2. The molecule has 2 N–H and O–H groups in total. The van der Waals surface area contributed by atoms with Gasteiger partial charge in [0.25, 0.3) is 11.8 Å². The number of ether oxygens (including phenoxy) is 1. The number of methoxy groups -OCH3 is 1. The van der Waals surface area contributed by atoms with Crippen molar-refractivity contribution in [2.75, 3.05) is 33.1 Å². The number of carbonyl (C=O) groups excluding carboxylic acids is 3. The number of hydrogen-bond donors (Lipinski definition) is 2. The van der Waals surface area contributed by atoms with Crippen molar-refractivity contribution in [1.82, 2.24) is 4.90 Å². The average molecular weight is 396 g/mol. The Morgan fingerprint density at radius 1 is 1.07 bits per heavy atom. The highest BCUT2D eigenvalue weighted by molar-refractivity contribution is 5.95. The van der Waals surface area contributed by atoms with E-state index in [4.69, 9.17) is 4.74 Å². The summed E-state index contributed by atoms with van der Waals surface area (Å²) in [6.07, 6.45) is 0.548. The van der Waals surface area contributed by atoms with Crippen LogP contribution in [0.3, 0.4) is 0 Å². The Labute approximate surface area is 170 Å². The number of rotatable bonds is 5. The Hall–Kier alpha value is -3.19. The smallest absolute Gasteiger partial charge is 0.365 e. The van der Waals surface area contributed by atoms with Gasteiger partial charge in [0.15, 0.2) is 12.6 Å². The summed E-state index contributed by atoms with van der Waals surface area (Å²) in [5.41, 5.74) is 3.42. The molecule has 0 bridgehead atoms. The van der Waals surface area contributed by atoms with E-state index in [1.54, 1.807) is 38.4 Å². The molecule has 7 heteroatoms. The molecule has 29 heavy (non-hydrogen) atoms. The van der Waals surface area contributed by atoms with Crippen LogP contribution < -0.4 is 10.2 Å².